The SMILES string of the molecule is Cc1cccc(C2c3cccn3-c3c(c(C)nn3-c3ccccc3)CN2C(=O)Nc2ccc(F)cc2F)c1. The second kappa shape index (κ2) is 9.30. The molecule has 1 unspecified atom stereocenters. The number of carbonyl (C=O) groups is 1. The highest BCUT2D eigenvalue weighted by molar-refractivity contribution is 5.90. The monoisotopic (exact) mass is 509 g/mol. The van der Waals surface area contributed by atoms with E-state index in [1.54, 1.807) is 4.90 Å². The Labute approximate surface area is 218 Å². The molecule has 0 bridgehead atoms. The van der Waals surface area contributed by atoms with E-state index in [4.69, 9.17) is 5.10 Å². The van der Waals surface area contributed by atoms with Crippen LogP contribution in [0.5, 0.6) is 0 Å². The molecule has 5 aromatic rings. The molecule has 190 valence electrons. The number of benzene rings is 3. The number of hydrogen-bond donors (Lipinski definition) is 1. The van der Waals surface area contributed by atoms with E-state index in [2.05, 4.69) is 9.88 Å². The Hall–Kier alpha value is -4.72. The number of rotatable bonds is 3. The summed E-state index contributed by atoms with van der Waals surface area (Å²) in [5.74, 6) is -0.702. The number of para-hydroxylation sites is 1. The van der Waals surface area contributed by atoms with Crippen LogP contribution in [0.2, 0.25) is 0 Å². The number of urea groups is 1. The van der Waals surface area contributed by atoms with E-state index < -0.39 is 23.7 Å². The lowest BCUT2D eigenvalue weighted by Crippen LogP contribution is -2.38. The molecule has 1 aliphatic heterocycles. The molecule has 1 aliphatic rings. The Morgan fingerprint density at radius 1 is 0.947 bits per heavy atom. The maximum Gasteiger partial charge on any atom is 0.323 e. The number of aromatic nitrogens is 3. The predicted octanol–water partition coefficient (Wildman–Crippen LogP) is 6.70. The van der Waals surface area contributed by atoms with Crippen molar-refractivity contribution in [3.05, 3.63) is 131 Å². The van der Waals surface area contributed by atoms with Gasteiger partial charge in [-0.3, -0.25) is 0 Å². The van der Waals surface area contributed by atoms with Crippen LogP contribution in [0.15, 0.2) is 91.1 Å². The minimum absolute atomic E-state index is 0.0871. The summed E-state index contributed by atoms with van der Waals surface area (Å²) in [6.07, 6.45) is 1.97. The van der Waals surface area contributed by atoms with Gasteiger partial charge in [-0.2, -0.15) is 5.10 Å². The fourth-order valence-electron chi connectivity index (χ4n) is 5.12. The lowest BCUT2D eigenvalue weighted by Gasteiger charge is -2.31. The maximum atomic E-state index is 14.5. The molecule has 2 amide bonds. The molecule has 6 rings (SSSR count). The van der Waals surface area contributed by atoms with Gasteiger partial charge in [0, 0.05) is 17.8 Å². The van der Waals surface area contributed by atoms with Crippen molar-refractivity contribution in [1.82, 2.24) is 19.2 Å². The number of nitrogens with zero attached hydrogens (tertiary/aromatic N) is 4. The lowest BCUT2D eigenvalue weighted by molar-refractivity contribution is 0.194. The Morgan fingerprint density at radius 2 is 1.76 bits per heavy atom. The van der Waals surface area contributed by atoms with Crippen LogP contribution in [-0.4, -0.2) is 25.3 Å². The molecule has 3 aromatic carbocycles. The van der Waals surface area contributed by atoms with Gasteiger partial charge in [0.25, 0.3) is 0 Å². The van der Waals surface area contributed by atoms with Crippen molar-refractivity contribution in [2.24, 2.45) is 0 Å². The van der Waals surface area contributed by atoms with Crippen LogP contribution < -0.4 is 5.32 Å². The first-order valence-electron chi connectivity index (χ1n) is 12.3. The van der Waals surface area contributed by atoms with E-state index in [1.807, 2.05) is 91.5 Å². The number of fused-ring (bicyclic) bond motifs is 3. The number of aryl methyl sites for hydroxylation is 2. The average Bonchev–Trinajstić information content (AvgIpc) is 3.46. The molecule has 0 saturated carbocycles. The molecule has 2 aromatic heterocycles. The van der Waals surface area contributed by atoms with E-state index in [0.29, 0.717) is 0 Å². The quantitative estimate of drug-likeness (QED) is 0.294. The fraction of sp³-hybridized carbons (Fsp3) is 0.133. The second-order valence-corrected chi connectivity index (χ2v) is 9.44. The molecule has 0 spiro atoms. The number of nitrogens with one attached hydrogen (secondary N) is 1. The third-order valence-electron chi connectivity index (χ3n) is 6.88. The normalized spacial score (nSPS) is 14.5. The van der Waals surface area contributed by atoms with Gasteiger partial charge in [-0.25, -0.2) is 18.3 Å². The highest BCUT2D eigenvalue weighted by atomic mass is 19.1. The third-order valence-corrected chi connectivity index (χ3v) is 6.88. The highest BCUT2D eigenvalue weighted by Crippen LogP contribution is 2.39. The minimum atomic E-state index is -0.836. The van der Waals surface area contributed by atoms with Crippen molar-refractivity contribution in [3.63, 3.8) is 0 Å². The van der Waals surface area contributed by atoms with Crippen molar-refractivity contribution < 1.29 is 13.6 Å². The summed E-state index contributed by atoms with van der Waals surface area (Å²) in [5, 5.41) is 7.50. The number of halogens is 2. The van der Waals surface area contributed by atoms with Crippen LogP contribution in [0.4, 0.5) is 19.3 Å². The molecule has 0 saturated heterocycles. The zero-order chi connectivity index (χ0) is 26.4. The van der Waals surface area contributed by atoms with Crippen molar-refractivity contribution in [2.75, 3.05) is 5.32 Å². The molecule has 0 fully saturated rings. The first-order chi connectivity index (χ1) is 18.4. The van der Waals surface area contributed by atoms with Gasteiger partial charge in [-0.15, -0.1) is 0 Å². The smallest absolute Gasteiger partial charge is 0.307 e. The summed E-state index contributed by atoms with van der Waals surface area (Å²) in [5.41, 5.74) is 5.29. The molecule has 1 N–H and O–H groups in total. The Morgan fingerprint density at radius 3 is 2.53 bits per heavy atom. The van der Waals surface area contributed by atoms with Crippen molar-refractivity contribution in [1.29, 1.82) is 0 Å². The molecule has 3 heterocycles. The van der Waals surface area contributed by atoms with Crippen molar-refractivity contribution in [2.45, 2.75) is 26.4 Å². The standard InChI is InChI=1S/C30H25F2N5O/c1-19-8-6-9-21(16-19)28-27-12-7-15-35(27)29-24(20(2)34-37(29)23-10-4-3-5-11-23)18-36(28)30(38)33-26-14-13-22(31)17-25(26)32/h3-17,28H,18H2,1-2H3,(H,33,38). The fourth-order valence-corrected chi connectivity index (χ4v) is 5.12. The summed E-state index contributed by atoms with van der Waals surface area (Å²) in [4.78, 5) is 15.6. The summed E-state index contributed by atoms with van der Waals surface area (Å²) < 4.78 is 32.0. The van der Waals surface area contributed by atoms with Gasteiger partial charge < -0.3 is 14.8 Å². The zero-order valence-electron chi connectivity index (χ0n) is 20.9. The van der Waals surface area contributed by atoms with Crippen LogP contribution in [-0.2, 0) is 6.54 Å². The van der Waals surface area contributed by atoms with Gasteiger partial charge in [0.05, 0.1) is 35.3 Å². The van der Waals surface area contributed by atoms with Gasteiger partial charge in [0.2, 0.25) is 0 Å². The molecule has 0 radical (unpaired) electrons. The second-order valence-electron chi connectivity index (χ2n) is 9.44. The van der Waals surface area contributed by atoms with Crippen LogP contribution in [0.1, 0.15) is 34.1 Å². The number of amides is 2. The molecule has 6 nitrogen and oxygen atoms in total. The Bertz CT molecular complexity index is 1660. The molecule has 8 heteroatoms. The van der Waals surface area contributed by atoms with Gasteiger partial charge in [-0.1, -0.05) is 48.0 Å². The molecule has 38 heavy (non-hydrogen) atoms. The number of carbonyl (C=O) groups excluding carboxylic acids is 1. The summed E-state index contributed by atoms with van der Waals surface area (Å²) in [6.45, 7) is 4.15. The number of anilines is 1. The maximum absolute atomic E-state index is 14.5. The lowest BCUT2D eigenvalue weighted by atomic mass is 10.00. The van der Waals surface area contributed by atoms with E-state index in [9.17, 15) is 13.6 Å². The van der Waals surface area contributed by atoms with Crippen LogP contribution >= 0.6 is 0 Å². The summed E-state index contributed by atoms with van der Waals surface area (Å²) >= 11 is 0. The van der Waals surface area contributed by atoms with Gasteiger partial charge in [0.1, 0.15) is 17.5 Å². The first kappa shape index (κ1) is 23.7. The van der Waals surface area contributed by atoms with E-state index in [0.717, 1.165) is 51.7 Å². The predicted molar refractivity (Wildman–Crippen MR) is 142 cm³/mol. The minimum Gasteiger partial charge on any atom is -0.307 e. The van der Waals surface area contributed by atoms with Crippen LogP contribution in [0, 0.1) is 25.5 Å². The number of hydrogen-bond acceptors (Lipinski definition) is 2. The van der Waals surface area contributed by atoms with Crippen LogP contribution in [0.3, 0.4) is 0 Å². The van der Waals surface area contributed by atoms with E-state index >= 15 is 0 Å². The summed E-state index contributed by atoms with van der Waals surface area (Å²) in [7, 11) is 0. The third kappa shape index (κ3) is 4.04. The first-order valence-corrected chi connectivity index (χ1v) is 12.3. The zero-order valence-corrected chi connectivity index (χ0v) is 20.9. The molecule has 1 atom stereocenters. The van der Waals surface area contributed by atoms with Gasteiger partial charge >= 0.3 is 6.03 Å². The topological polar surface area (TPSA) is 55.1 Å². The Kier molecular flexibility index (Phi) is 5.79. The van der Waals surface area contributed by atoms with E-state index in [-0.39, 0.29) is 12.2 Å². The van der Waals surface area contributed by atoms with E-state index in [1.165, 1.54) is 6.07 Å². The Balaban J connectivity index is 1.54. The van der Waals surface area contributed by atoms with Crippen LogP contribution in [0.25, 0.3) is 11.5 Å². The van der Waals surface area contributed by atoms with Crippen molar-refractivity contribution >= 4 is 11.7 Å². The van der Waals surface area contributed by atoms with Gasteiger partial charge in [-0.05, 0) is 55.8 Å². The largest absolute Gasteiger partial charge is 0.323 e. The molecular weight excluding hydrogens is 484 g/mol. The highest BCUT2D eigenvalue weighted by Gasteiger charge is 2.36. The molecular formula is C30H25F2N5O. The molecule has 0 aliphatic carbocycles. The average molecular weight is 510 g/mol. The summed E-state index contributed by atoms with van der Waals surface area (Å²) in [6, 6.07) is 23.9. The van der Waals surface area contributed by atoms with Gasteiger partial charge in [0.15, 0.2) is 0 Å². The van der Waals surface area contributed by atoms with Crippen molar-refractivity contribution in [3.8, 4) is 11.5 Å².